The first-order valence-corrected chi connectivity index (χ1v) is 8.61. The monoisotopic (exact) mass is 336 g/mol. The van der Waals surface area contributed by atoms with Crippen LogP contribution in [0, 0.1) is 0 Å². The summed E-state index contributed by atoms with van der Waals surface area (Å²) in [5.74, 6) is 1.81. The third kappa shape index (κ3) is 3.72. The van der Waals surface area contributed by atoms with Gasteiger partial charge >= 0.3 is 0 Å². The highest BCUT2D eigenvalue weighted by molar-refractivity contribution is 5.70. The van der Waals surface area contributed by atoms with Crippen LogP contribution in [-0.4, -0.2) is 16.8 Å². The van der Waals surface area contributed by atoms with Crippen LogP contribution in [0.4, 0.5) is 0 Å². The number of para-hydroxylation sites is 1. The molecule has 0 amide bonds. The average Bonchev–Trinajstić information content (AvgIpc) is 3.17. The van der Waals surface area contributed by atoms with Crippen LogP contribution >= 0.6 is 0 Å². The zero-order valence-corrected chi connectivity index (χ0v) is 13.9. The van der Waals surface area contributed by atoms with Crippen molar-refractivity contribution in [2.24, 2.45) is 0 Å². The normalized spacial score (nSPS) is 17.4. The van der Waals surface area contributed by atoms with Gasteiger partial charge in [-0.15, -0.1) is 10.2 Å². The summed E-state index contributed by atoms with van der Waals surface area (Å²) in [7, 11) is 0. The summed E-state index contributed by atoms with van der Waals surface area (Å²) in [6, 6.07) is 18.1. The molecule has 5 nitrogen and oxygen atoms in total. The number of hydrogen-bond acceptors (Lipinski definition) is 5. The summed E-state index contributed by atoms with van der Waals surface area (Å²) < 4.78 is 17.3. The van der Waals surface area contributed by atoms with Gasteiger partial charge in [0.05, 0.1) is 0 Å². The molecule has 1 fully saturated rings. The van der Waals surface area contributed by atoms with Crippen molar-refractivity contribution in [1.82, 2.24) is 10.2 Å². The second-order valence-electron chi connectivity index (χ2n) is 6.04. The molecule has 0 N–H and O–H groups in total. The predicted molar refractivity (Wildman–Crippen MR) is 93.1 cm³/mol. The van der Waals surface area contributed by atoms with Gasteiger partial charge in [-0.1, -0.05) is 48.5 Å². The molecule has 0 saturated carbocycles. The van der Waals surface area contributed by atoms with Crippen molar-refractivity contribution in [1.29, 1.82) is 0 Å². The van der Waals surface area contributed by atoms with Crippen molar-refractivity contribution in [3.05, 3.63) is 66.4 Å². The van der Waals surface area contributed by atoms with Gasteiger partial charge < -0.3 is 13.9 Å². The third-order valence-electron chi connectivity index (χ3n) is 4.26. The first-order valence-electron chi connectivity index (χ1n) is 8.61. The van der Waals surface area contributed by atoms with E-state index in [1.54, 1.807) is 0 Å². The van der Waals surface area contributed by atoms with E-state index in [0.29, 0.717) is 11.8 Å². The number of nitrogens with zero attached hydrogens (tertiary/aromatic N) is 2. The van der Waals surface area contributed by atoms with E-state index in [0.717, 1.165) is 42.7 Å². The highest BCUT2D eigenvalue weighted by Crippen LogP contribution is 2.30. The van der Waals surface area contributed by atoms with Gasteiger partial charge in [0, 0.05) is 12.2 Å². The number of aromatic nitrogens is 2. The van der Waals surface area contributed by atoms with Crippen molar-refractivity contribution in [2.45, 2.75) is 32.0 Å². The lowest BCUT2D eigenvalue weighted by Crippen LogP contribution is -2.11. The Morgan fingerprint density at radius 2 is 1.80 bits per heavy atom. The molecule has 0 aliphatic carbocycles. The smallest absolute Gasteiger partial charge is 0.254 e. The summed E-state index contributed by atoms with van der Waals surface area (Å²) in [5.41, 5.74) is 2.15. The van der Waals surface area contributed by atoms with Crippen molar-refractivity contribution < 1.29 is 13.9 Å². The minimum Gasteiger partial charge on any atom is -0.483 e. The second-order valence-corrected chi connectivity index (χ2v) is 6.04. The Bertz CT molecular complexity index is 811. The quantitative estimate of drug-likeness (QED) is 0.684. The van der Waals surface area contributed by atoms with E-state index < -0.39 is 0 Å². The van der Waals surface area contributed by atoms with Crippen molar-refractivity contribution in [3.8, 4) is 16.9 Å². The fourth-order valence-corrected chi connectivity index (χ4v) is 2.98. The maximum absolute atomic E-state index is 5.94. The van der Waals surface area contributed by atoms with Gasteiger partial charge in [-0.2, -0.15) is 0 Å². The van der Waals surface area contributed by atoms with Crippen LogP contribution in [-0.2, 0) is 11.3 Å². The Hall–Kier alpha value is -2.66. The zero-order chi connectivity index (χ0) is 16.9. The molecule has 0 unspecified atom stereocenters. The van der Waals surface area contributed by atoms with Gasteiger partial charge in [0.1, 0.15) is 11.9 Å². The van der Waals surface area contributed by atoms with Crippen LogP contribution in [0.2, 0.25) is 0 Å². The number of benzene rings is 2. The molecule has 2 aromatic carbocycles. The first-order chi connectivity index (χ1) is 12.4. The van der Waals surface area contributed by atoms with E-state index >= 15 is 0 Å². The Morgan fingerprint density at radius 3 is 2.64 bits per heavy atom. The standard InChI is InChI=1S/C20H20N2O3/c1-2-8-15(9-3-1)16-10-4-5-11-17(16)24-14-19-21-22-20(25-19)18-12-6-7-13-23-18/h1-5,8-11,18H,6-7,12-14H2/t18-/m0/s1. The number of rotatable bonds is 5. The fourth-order valence-electron chi connectivity index (χ4n) is 2.98. The molecule has 1 saturated heterocycles. The van der Waals surface area contributed by atoms with E-state index in [2.05, 4.69) is 22.3 Å². The Kier molecular flexibility index (Phi) is 4.74. The second kappa shape index (κ2) is 7.49. The van der Waals surface area contributed by atoms with Crippen molar-refractivity contribution >= 4 is 0 Å². The number of hydrogen-bond donors (Lipinski definition) is 0. The van der Waals surface area contributed by atoms with Crippen LogP contribution < -0.4 is 4.74 Å². The molecule has 1 aromatic heterocycles. The topological polar surface area (TPSA) is 57.4 Å². The maximum atomic E-state index is 5.94. The fraction of sp³-hybridized carbons (Fsp3) is 0.300. The summed E-state index contributed by atoms with van der Waals surface area (Å²) in [6.45, 7) is 0.993. The van der Waals surface area contributed by atoms with E-state index in [-0.39, 0.29) is 12.7 Å². The lowest BCUT2D eigenvalue weighted by atomic mass is 10.1. The highest BCUT2D eigenvalue weighted by Gasteiger charge is 2.22. The van der Waals surface area contributed by atoms with E-state index in [1.165, 1.54) is 0 Å². The van der Waals surface area contributed by atoms with Gasteiger partial charge in [-0.3, -0.25) is 0 Å². The lowest BCUT2D eigenvalue weighted by Gasteiger charge is -2.18. The van der Waals surface area contributed by atoms with Gasteiger partial charge in [0.2, 0.25) is 5.89 Å². The van der Waals surface area contributed by atoms with E-state index in [4.69, 9.17) is 13.9 Å². The summed E-state index contributed by atoms with van der Waals surface area (Å²) in [5, 5.41) is 8.20. The van der Waals surface area contributed by atoms with Gasteiger partial charge in [-0.25, -0.2) is 0 Å². The van der Waals surface area contributed by atoms with Crippen LogP contribution in [0.15, 0.2) is 59.0 Å². The highest BCUT2D eigenvalue weighted by atomic mass is 16.5. The van der Waals surface area contributed by atoms with Crippen LogP contribution in [0.5, 0.6) is 5.75 Å². The summed E-state index contributed by atoms with van der Waals surface area (Å²) >= 11 is 0. The zero-order valence-electron chi connectivity index (χ0n) is 13.9. The minimum atomic E-state index is -0.0772. The predicted octanol–water partition coefficient (Wildman–Crippen LogP) is 4.56. The van der Waals surface area contributed by atoms with Gasteiger partial charge in [0.25, 0.3) is 5.89 Å². The molecule has 0 spiro atoms. The minimum absolute atomic E-state index is 0.0772. The summed E-state index contributed by atoms with van der Waals surface area (Å²) in [6.07, 6.45) is 3.08. The SMILES string of the molecule is c1ccc(-c2ccccc2OCc2nnc([C@@H]3CCCCO3)o2)cc1. The molecule has 0 bridgehead atoms. The molecule has 0 radical (unpaired) electrons. The number of ether oxygens (including phenoxy) is 2. The molecule has 25 heavy (non-hydrogen) atoms. The van der Waals surface area contributed by atoms with E-state index in [1.807, 2.05) is 42.5 Å². The molecule has 2 heterocycles. The molecule has 1 aliphatic heterocycles. The molecule has 1 atom stereocenters. The Balaban J connectivity index is 1.46. The van der Waals surface area contributed by atoms with Crippen LogP contribution in [0.3, 0.4) is 0 Å². The third-order valence-corrected chi connectivity index (χ3v) is 4.26. The Labute approximate surface area is 146 Å². The van der Waals surface area contributed by atoms with Gasteiger partial charge in [0.15, 0.2) is 6.61 Å². The van der Waals surface area contributed by atoms with E-state index in [9.17, 15) is 0 Å². The van der Waals surface area contributed by atoms with Gasteiger partial charge in [-0.05, 0) is 30.9 Å². The molecule has 128 valence electrons. The molecule has 5 heteroatoms. The first kappa shape index (κ1) is 15.8. The molecular weight excluding hydrogens is 316 g/mol. The molecule has 4 rings (SSSR count). The van der Waals surface area contributed by atoms with Crippen molar-refractivity contribution in [3.63, 3.8) is 0 Å². The lowest BCUT2D eigenvalue weighted by molar-refractivity contribution is -0.00258. The molecule has 3 aromatic rings. The molecule has 1 aliphatic rings. The van der Waals surface area contributed by atoms with Crippen LogP contribution in [0.25, 0.3) is 11.1 Å². The van der Waals surface area contributed by atoms with Crippen molar-refractivity contribution in [2.75, 3.05) is 6.61 Å². The largest absolute Gasteiger partial charge is 0.483 e. The molecular formula is C20H20N2O3. The average molecular weight is 336 g/mol. The maximum Gasteiger partial charge on any atom is 0.254 e. The summed E-state index contributed by atoms with van der Waals surface area (Å²) in [4.78, 5) is 0. The Morgan fingerprint density at radius 1 is 0.960 bits per heavy atom. The van der Waals surface area contributed by atoms with Crippen LogP contribution in [0.1, 0.15) is 37.1 Å².